The molecule has 0 unspecified atom stereocenters. The summed E-state index contributed by atoms with van der Waals surface area (Å²) >= 11 is 0. The van der Waals surface area contributed by atoms with Crippen molar-refractivity contribution in [3.63, 3.8) is 0 Å². The lowest BCUT2D eigenvalue weighted by Gasteiger charge is -2.06. The van der Waals surface area contributed by atoms with Gasteiger partial charge in [0.15, 0.2) is 0 Å². The standard InChI is InChI=1S/C21H21N5O3/c1-26-18-8-5-15(21(28)23-10-9-20(27)29-2)11-17(18)25-19(26)13-24-16-6-3-14(12-22)4-7-16/h3-8,11,24H,9-10,13H2,1-2H3,(H,23,28). The summed E-state index contributed by atoms with van der Waals surface area (Å²) in [7, 11) is 3.23. The SMILES string of the molecule is COC(=O)CCNC(=O)c1ccc2c(c1)nc(CNc1ccc(C#N)cc1)n2C. The highest BCUT2D eigenvalue weighted by atomic mass is 16.5. The van der Waals surface area contributed by atoms with Crippen molar-refractivity contribution >= 4 is 28.6 Å². The van der Waals surface area contributed by atoms with E-state index in [9.17, 15) is 9.59 Å². The van der Waals surface area contributed by atoms with E-state index in [4.69, 9.17) is 5.26 Å². The number of aromatic nitrogens is 2. The minimum Gasteiger partial charge on any atom is -0.469 e. The zero-order chi connectivity index (χ0) is 20.8. The van der Waals surface area contributed by atoms with E-state index in [-0.39, 0.29) is 24.8 Å². The number of amides is 1. The number of esters is 1. The molecule has 2 aromatic carbocycles. The maximum Gasteiger partial charge on any atom is 0.307 e. The van der Waals surface area contributed by atoms with E-state index in [0.29, 0.717) is 23.2 Å². The Labute approximate surface area is 168 Å². The van der Waals surface area contributed by atoms with Gasteiger partial charge < -0.3 is 19.9 Å². The Morgan fingerprint density at radius 3 is 2.66 bits per heavy atom. The van der Waals surface area contributed by atoms with Crippen molar-refractivity contribution in [2.45, 2.75) is 13.0 Å². The van der Waals surface area contributed by atoms with Crippen LogP contribution < -0.4 is 10.6 Å². The lowest BCUT2D eigenvalue weighted by molar-refractivity contribution is -0.140. The molecule has 29 heavy (non-hydrogen) atoms. The monoisotopic (exact) mass is 391 g/mol. The Morgan fingerprint density at radius 1 is 1.21 bits per heavy atom. The van der Waals surface area contributed by atoms with Gasteiger partial charge in [-0.25, -0.2) is 4.98 Å². The summed E-state index contributed by atoms with van der Waals surface area (Å²) in [6.45, 7) is 0.712. The minimum absolute atomic E-state index is 0.124. The number of nitrogens with one attached hydrogen (secondary N) is 2. The van der Waals surface area contributed by atoms with Gasteiger partial charge >= 0.3 is 5.97 Å². The second-order valence-electron chi connectivity index (χ2n) is 6.42. The second kappa shape index (κ2) is 8.89. The molecule has 3 rings (SSSR count). The molecule has 0 aliphatic rings. The quantitative estimate of drug-likeness (QED) is 0.599. The van der Waals surface area contributed by atoms with Crippen LogP contribution in [0.3, 0.4) is 0 Å². The third-order valence-electron chi connectivity index (χ3n) is 4.54. The summed E-state index contributed by atoms with van der Waals surface area (Å²) in [6, 6.07) is 14.6. The number of hydrogen-bond acceptors (Lipinski definition) is 6. The molecule has 0 aliphatic heterocycles. The Kier molecular flexibility index (Phi) is 6.09. The maximum atomic E-state index is 12.3. The van der Waals surface area contributed by atoms with E-state index in [1.165, 1.54) is 7.11 Å². The van der Waals surface area contributed by atoms with Gasteiger partial charge in [0.05, 0.1) is 42.7 Å². The highest BCUT2D eigenvalue weighted by molar-refractivity contribution is 5.97. The average molecular weight is 391 g/mol. The van der Waals surface area contributed by atoms with Crippen molar-refractivity contribution in [2.75, 3.05) is 19.0 Å². The number of imidazole rings is 1. The van der Waals surface area contributed by atoms with Crippen LogP contribution in [0, 0.1) is 11.3 Å². The Hall–Kier alpha value is -3.86. The lowest BCUT2D eigenvalue weighted by atomic mass is 10.2. The number of hydrogen-bond donors (Lipinski definition) is 2. The average Bonchev–Trinajstić information content (AvgIpc) is 3.07. The number of fused-ring (bicyclic) bond motifs is 1. The van der Waals surface area contributed by atoms with E-state index in [1.54, 1.807) is 24.3 Å². The molecular formula is C21H21N5O3. The predicted molar refractivity (Wildman–Crippen MR) is 108 cm³/mol. The zero-order valence-electron chi connectivity index (χ0n) is 16.2. The highest BCUT2D eigenvalue weighted by Crippen LogP contribution is 2.18. The van der Waals surface area contributed by atoms with Crippen molar-refractivity contribution in [1.29, 1.82) is 5.26 Å². The third-order valence-corrected chi connectivity index (χ3v) is 4.54. The number of anilines is 1. The fraction of sp³-hybridized carbons (Fsp3) is 0.238. The first-order chi connectivity index (χ1) is 14.0. The highest BCUT2D eigenvalue weighted by Gasteiger charge is 2.12. The minimum atomic E-state index is -0.370. The van der Waals surface area contributed by atoms with Gasteiger partial charge in [-0.15, -0.1) is 0 Å². The summed E-state index contributed by atoms with van der Waals surface area (Å²) in [5.74, 6) is 0.177. The van der Waals surface area contributed by atoms with Gasteiger partial charge in [-0.1, -0.05) is 0 Å². The van der Waals surface area contributed by atoms with Crippen molar-refractivity contribution in [2.24, 2.45) is 7.05 Å². The number of carbonyl (C=O) groups is 2. The molecule has 2 N–H and O–H groups in total. The summed E-state index contributed by atoms with van der Waals surface area (Å²) in [5, 5.41) is 14.8. The van der Waals surface area contributed by atoms with E-state index >= 15 is 0 Å². The molecule has 0 atom stereocenters. The number of carbonyl (C=O) groups excluding carboxylic acids is 2. The van der Waals surface area contributed by atoms with Gasteiger partial charge in [0.2, 0.25) is 0 Å². The molecular weight excluding hydrogens is 370 g/mol. The van der Waals surface area contributed by atoms with E-state index in [1.807, 2.05) is 29.8 Å². The van der Waals surface area contributed by atoms with Crippen LogP contribution in [0.25, 0.3) is 11.0 Å². The van der Waals surface area contributed by atoms with Crippen LogP contribution in [0.2, 0.25) is 0 Å². The van der Waals surface area contributed by atoms with Crippen LogP contribution >= 0.6 is 0 Å². The summed E-state index contributed by atoms with van der Waals surface area (Å²) in [6.07, 6.45) is 0.124. The molecule has 1 heterocycles. The number of nitriles is 1. The fourth-order valence-corrected chi connectivity index (χ4v) is 2.87. The van der Waals surface area contributed by atoms with Crippen molar-refractivity contribution < 1.29 is 14.3 Å². The van der Waals surface area contributed by atoms with Crippen molar-refractivity contribution in [3.05, 3.63) is 59.4 Å². The maximum absolute atomic E-state index is 12.3. The largest absolute Gasteiger partial charge is 0.469 e. The van der Waals surface area contributed by atoms with Gasteiger partial charge in [0.25, 0.3) is 5.91 Å². The summed E-state index contributed by atoms with van der Waals surface area (Å²) in [4.78, 5) is 28.0. The molecule has 0 bridgehead atoms. The first-order valence-corrected chi connectivity index (χ1v) is 9.06. The van der Waals surface area contributed by atoms with Crippen LogP contribution in [0.4, 0.5) is 5.69 Å². The second-order valence-corrected chi connectivity index (χ2v) is 6.42. The molecule has 0 fully saturated rings. The fourth-order valence-electron chi connectivity index (χ4n) is 2.87. The topological polar surface area (TPSA) is 109 Å². The zero-order valence-corrected chi connectivity index (χ0v) is 16.2. The Balaban J connectivity index is 1.69. The van der Waals surface area contributed by atoms with Crippen LogP contribution in [0.15, 0.2) is 42.5 Å². The number of benzene rings is 2. The molecule has 148 valence electrons. The van der Waals surface area contributed by atoms with Gasteiger partial charge in [-0.2, -0.15) is 5.26 Å². The molecule has 0 spiro atoms. The molecule has 0 saturated carbocycles. The summed E-state index contributed by atoms with van der Waals surface area (Å²) in [5.41, 5.74) is 3.60. The van der Waals surface area contributed by atoms with Crippen LogP contribution in [-0.4, -0.2) is 35.1 Å². The predicted octanol–water partition coefficient (Wildman–Crippen LogP) is 2.35. The van der Waals surface area contributed by atoms with Crippen molar-refractivity contribution in [3.8, 4) is 6.07 Å². The molecule has 0 radical (unpaired) electrons. The lowest BCUT2D eigenvalue weighted by Crippen LogP contribution is -2.26. The smallest absolute Gasteiger partial charge is 0.307 e. The Bertz CT molecular complexity index is 1080. The first kappa shape index (κ1) is 19.9. The van der Waals surface area contributed by atoms with Gasteiger partial charge in [-0.05, 0) is 42.5 Å². The number of methoxy groups -OCH3 is 1. The van der Waals surface area contributed by atoms with Gasteiger partial charge in [0.1, 0.15) is 5.82 Å². The summed E-state index contributed by atoms with van der Waals surface area (Å²) < 4.78 is 6.52. The van der Waals surface area contributed by atoms with Gasteiger partial charge in [0, 0.05) is 24.8 Å². The molecule has 3 aromatic rings. The molecule has 8 nitrogen and oxygen atoms in total. The first-order valence-electron chi connectivity index (χ1n) is 9.06. The van der Waals surface area contributed by atoms with Crippen LogP contribution in [0.1, 0.15) is 28.2 Å². The van der Waals surface area contributed by atoms with Crippen molar-refractivity contribution in [1.82, 2.24) is 14.9 Å². The molecule has 0 aliphatic carbocycles. The Morgan fingerprint density at radius 2 is 1.97 bits per heavy atom. The molecule has 8 heteroatoms. The number of rotatable bonds is 7. The van der Waals surface area contributed by atoms with Gasteiger partial charge in [-0.3, -0.25) is 9.59 Å². The van der Waals surface area contributed by atoms with Crippen LogP contribution in [0.5, 0.6) is 0 Å². The molecule has 1 amide bonds. The molecule has 1 aromatic heterocycles. The van der Waals surface area contributed by atoms with E-state index in [0.717, 1.165) is 17.0 Å². The number of aryl methyl sites for hydroxylation is 1. The van der Waals surface area contributed by atoms with E-state index in [2.05, 4.69) is 26.4 Å². The molecule has 0 saturated heterocycles. The van der Waals surface area contributed by atoms with E-state index < -0.39 is 0 Å². The normalized spacial score (nSPS) is 10.4. The number of nitrogens with zero attached hydrogens (tertiary/aromatic N) is 3. The third kappa shape index (κ3) is 4.71. The van der Waals surface area contributed by atoms with Crippen LogP contribution in [-0.2, 0) is 23.1 Å². The number of ether oxygens (including phenoxy) is 1.